The lowest BCUT2D eigenvalue weighted by Crippen LogP contribution is -2.25. The third kappa shape index (κ3) is 4.49. The van der Waals surface area contributed by atoms with Crippen molar-refractivity contribution in [2.24, 2.45) is 0 Å². The van der Waals surface area contributed by atoms with E-state index >= 15 is 0 Å². The van der Waals surface area contributed by atoms with Crippen molar-refractivity contribution < 1.29 is 14.3 Å². The number of ketones is 1. The standard InChI is InChI=1S/C22H23N3O3S2/c1-3-28-21(27)19(20-24-14(2)12-29-20)18(26)13-30-22-23-11-17(25(22)16-9-10-16)15-7-5-4-6-8-15/h4-8,11-12,16,19H,3,9-10,13H2,1-2H3/t19-/m0/s1. The average Bonchev–Trinajstić information content (AvgIpc) is 3.36. The Kier molecular flexibility index (Phi) is 6.34. The van der Waals surface area contributed by atoms with Crippen molar-refractivity contribution in [3.8, 4) is 11.3 Å². The summed E-state index contributed by atoms with van der Waals surface area (Å²) in [7, 11) is 0. The van der Waals surface area contributed by atoms with Gasteiger partial charge in [-0.3, -0.25) is 9.59 Å². The van der Waals surface area contributed by atoms with E-state index in [1.54, 1.807) is 6.92 Å². The molecule has 3 aromatic rings. The van der Waals surface area contributed by atoms with Crippen molar-refractivity contribution >= 4 is 34.9 Å². The second-order valence-electron chi connectivity index (χ2n) is 7.16. The number of ether oxygens (including phenoxy) is 1. The molecule has 1 aromatic carbocycles. The molecule has 30 heavy (non-hydrogen) atoms. The minimum atomic E-state index is -0.978. The van der Waals surface area contributed by atoms with Gasteiger partial charge in [0.2, 0.25) is 0 Å². The van der Waals surface area contributed by atoms with Gasteiger partial charge in [0, 0.05) is 17.1 Å². The summed E-state index contributed by atoms with van der Waals surface area (Å²) in [6.45, 7) is 3.81. The minimum absolute atomic E-state index is 0.139. The number of hydrogen-bond acceptors (Lipinski definition) is 7. The first-order valence-corrected chi connectivity index (χ1v) is 11.8. The Morgan fingerprint density at radius 1 is 1.30 bits per heavy atom. The van der Waals surface area contributed by atoms with Crippen molar-refractivity contribution in [2.45, 2.75) is 43.8 Å². The number of rotatable bonds is 9. The number of thiazole rings is 1. The van der Waals surface area contributed by atoms with Crippen molar-refractivity contribution in [1.29, 1.82) is 0 Å². The van der Waals surface area contributed by atoms with Gasteiger partial charge < -0.3 is 9.30 Å². The molecular formula is C22H23N3O3S2. The number of esters is 1. The maximum Gasteiger partial charge on any atom is 0.323 e. The zero-order chi connectivity index (χ0) is 21.1. The Labute approximate surface area is 183 Å². The number of thioether (sulfide) groups is 1. The van der Waals surface area contributed by atoms with Gasteiger partial charge >= 0.3 is 5.97 Å². The molecule has 1 atom stereocenters. The summed E-state index contributed by atoms with van der Waals surface area (Å²) in [5.74, 6) is -1.58. The van der Waals surface area contributed by atoms with Crippen LogP contribution in [0.5, 0.6) is 0 Å². The Morgan fingerprint density at radius 2 is 2.07 bits per heavy atom. The predicted molar refractivity (Wildman–Crippen MR) is 118 cm³/mol. The second kappa shape index (κ2) is 9.14. The first kappa shape index (κ1) is 20.8. The Morgan fingerprint density at radius 3 is 2.70 bits per heavy atom. The summed E-state index contributed by atoms with van der Waals surface area (Å²) in [5.41, 5.74) is 2.96. The normalized spacial score (nSPS) is 14.5. The van der Waals surface area contributed by atoms with Gasteiger partial charge in [-0.15, -0.1) is 11.3 Å². The molecular weight excluding hydrogens is 418 g/mol. The van der Waals surface area contributed by atoms with Crippen LogP contribution < -0.4 is 0 Å². The van der Waals surface area contributed by atoms with E-state index < -0.39 is 11.9 Å². The first-order valence-electron chi connectivity index (χ1n) is 9.95. The highest BCUT2D eigenvalue weighted by Crippen LogP contribution is 2.42. The number of hydrogen-bond donors (Lipinski definition) is 0. The fourth-order valence-electron chi connectivity index (χ4n) is 3.28. The van der Waals surface area contributed by atoms with Gasteiger partial charge in [-0.2, -0.15) is 0 Å². The highest BCUT2D eigenvalue weighted by Gasteiger charge is 2.34. The number of carbonyl (C=O) groups is 2. The van der Waals surface area contributed by atoms with E-state index in [2.05, 4.69) is 26.7 Å². The number of aryl methyl sites for hydroxylation is 1. The van der Waals surface area contributed by atoms with Gasteiger partial charge in [0.25, 0.3) is 0 Å². The van der Waals surface area contributed by atoms with Crippen LogP contribution in [0.3, 0.4) is 0 Å². The predicted octanol–water partition coefficient (Wildman–Crippen LogP) is 4.66. The fraction of sp³-hybridized carbons (Fsp3) is 0.364. The molecule has 0 bridgehead atoms. The lowest BCUT2D eigenvalue weighted by molar-refractivity contribution is -0.147. The van der Waals surface area contributed by atoms with Crippen LogP contribution in [0, 0.1) is 6.92 Å². The number of aromatic nitrogens is 3. The zero-order valence-corrected chi connectivity index (χ0v) is 18.5. The van der Waals surface area contributed by atoms with Crippen LogP contribution in [0.2, 0.25) is 0 Å². The second-order valence-corrected chi connectivity index (χ2v) is 8.99. The molecule has 0 radical (unpaired) electrons. The third-order valence-electron chi connectivity index (χ3n) is 4.82. The molecule has 0 spiro atoms. The van der Waals surface area contributed by atoms with Gasteiger partial charge in [0.1, 0.15) is 5.01 Å². The smallest absolute Gasteiger partial charge is 0.323 e. The maximum absolute atomic E-state index is 13.0. The molecule has 2 aromatic heterocycles. The largest absolute Gasteiger partial charge is 0.465 e. The average molecular weight is 442 g/mol. The molecule has 156 valence electrons. The van der Waals surface area contributed by atoms with Gasteiger partial charge in [-0.25, -0.2) is 9.97 Å². The molecule has 1 saturated carbocycles. The maximum atomic E-state index is 13.0. The Balaban J connectivity index is 1.54. The van der Waals surface area contributed by atoms with Crippen LogP contribution in [-0.4, -0.2) is 38.6 Å². The van der Waals surface area contributed by atoms with Crippen LogP contribution in [0.25, 0.3) is 11.3 Å². The molecule has 2 heterocycles. The molecule has 0 N–H and O–H groups in total. The number of nitrogens with zero attached hydrogens (tertiary/aromatic N) is 3. The number of Topliss-reactive ketones (excluding diaryl/α,β-unsaturated/α-hetero) is 1. The van der Waals surface area contributed by atoms with Crippen molar-refractivity contribution in [3.05, 3.63) is 52.6 Å². The van der Waals surface area contributed by atoms with E-state index in [1.165, 1.54) is 23.1 Å². The van der Waals surface area contributed by atoms with Crippen molar-refractivity contribution in [3.63, 3.8) is 0 Å². The molecule has 6 nitrogen and oxygen atoms in total. The molecule has 1 aliphatic carbocycles. The molecule has 0 aliphatic heterocycles. The van der Waals surface area contributed by atoms with E-state index in [9.17, 15) is 9.59 Å². The van der Waals surface area contributed by atoms with Gasteiger partial charge in [-0.05, 0) is 32.3 Å². The Hall–Kier alpha value is -2.45. The lowest BCUT2D eigenvalue weighted by atomic mass is 10.1. The summed E-state index contributed by atoms with van der Waals surface area (Å²) < 4.78 is 7.37. The molecule has 0 saturated heterocycles. The summed E-state index contributed by atoms with van der Waals surface area (Å²) in [6.07, 6.45) is 4.09. The lowest BCUT2D eigenvalue weighted by Gasteiger charge is -2.13. The molecule has 1 fully saturated rings. The monoisotopic (exact) mass is 441 g/mol. The molecule has 4 rings (SSSR count). The van der Waals surface area contributed by atoms with E-state index in [1.807, 2.05) is 36.7 Å². The van der Waals surface area contributed by atoms with Crippen molar-refractivity contribution in [2.75, 3.05) is 12.4 Å². The third-order valence-corrected chi connectivity index (χ3v) is 6.83. The summed E-state index contributed by atoms with van der Waals surface area (Å²) >= 11 is 2.69. The summed E-state index contributed by atoms with van der Waals surface area (Å²) in [4.78, 5) is 34.4. The zero-order valence-electron chi connectivity index (χ0n) is 16.9. The number of imidazole rings is 1. The number of benzene rings is 1. The molecule has 8 heteroatoms. The SMILES string of the molecule is CCOC(=O)[C@@H](C(=O)CSc1ncc(-c2ccccc2)n1C1CC1)c1nc(C)cs1. The summed E-state index contributed by atoms with van der Waals surface area (Å²) in [5, 5.41) is 3.14. The topological polar surface area (TPSA) is 74.1 Å². The molecule has 0 amide bonds. The van der Waals surface area contributed by atoms with Gasteiger partial charge in [0.15, 0.2) is 16.9 Å². The van der Waals surface area contributed by atoms with Crippen LogP contribution in [-0.2, 0) is 14.3 Å². The quantitative estimate of drug-likeness (QED) is 0.273. The van der Waals surface area contributed by atoms with Gasteiger partial charge in [-0.1, -0.05) is 42.1 Å². The van der Waals surface area contributed by atoms with Crippen LogP contribution in [0.4, 0.5) is 0 Å². The van der Waals surface area contributed by atoms with Crippen LogP contribution >= 0.6 is 23.1 Å². The highest BCUT2D eigenvalue weighted by molar-refractivity contribution is 7.99. The van der Waals surface area contributed by atoms with E-state index in [0.717, 1.165) is 34.9 Å². The van der Waals surface area contributed by atoms with Crippen molar-refractivity contribution in [1.82, 2.24) is 14.5 Å². The summed E-state index contributed by atoms with van der Waals surface area (Å²) in [6, 6.07) is 10.6. The minimum Gasteiger partial charge on any atom is -0.465 e. The number of carbonyl (C=O) groups excluding carboxylic acids is 2. The molecule has 0 unspecified atom stereocenters. The first-order chi connectivity index (χ1) is 14.6. The van der Waals surface area contributed by atoms with Crippen LogP contribution in [0.1, 0.15) is 42.4 Å². The van der Waals surface area contributed by atoms with E-state index in [0.29, 0.717) is 11.0 Å². The van der Waals surface area contributed by atoms with E-state index in [4.69, 9.17) is 4.74 Å². The highest BCUT2D eigenvalue weighted by atomic mass is 32.2. The van der Waals surface area contributed by atoms with E-state index in [-0.39, 0.29) is 18.1 Å². The van der Waals surface area contributed by atoms with Gasteiger partial charge in [0.05, 0.1) is 24.3 Å². The molecule has 1 aliphatic rings. The Bertz CT molecular complexity index is 1040. The fourth-order valence-corrected chi connectivity index (χ4v) is 5.13. The van der Waals surface area contributed by atoms with Crippen LogP contribution in [0.15, 0.2) is 47.1 Å².